The Labute approximate surface area is 667 Å². The van der Waals surface area contributed by atoms with Crippen LogP contribution >= 0.6 is 678 Å². The molecule has 0 aliphatic rings. The molecule has 0 aromatic carbocycles. The van der Waals surface area contributed by atoms with Crippen molar-refractivity contribution in [2.45, 2.75) is 0 Å². The van der Waals surface area contributed by atoms with Gasteiger partial charge in [0.2, 0.25) is 0 Å². The molecule has 0 aromatic heterocycles. The molecule has 0 aliphatic carbocycles. The van der Waals surface area contributed by atoms with Crippen LogP contribution < -0.4 is 0 Å². The Morgan fingerprint density at radius 2 is 0.224 bits per heavy atom. The zero-order valence-corrected chi connectivity index (χ0v) is 131. The lowest BCUT2D eigenvalue weighted by molar-refractivity contribution is 4.30. The number of rotatable bonds is 41. The van der Waals surface area contributed by atoms with Crippen molar-refractivity contribution in [3.8, 4) is 0 Å². The first-order chi connectivity index (χ1) is 38.7. The summed E-state index contributed by atoms with van der Waals surface area (Å²) >= 11 is 0. The third kappa shape index (κ3) is 43.0. The fourth-order valence-corrected chi connectivity index (χ4v) is 1260. The largest absolute Gasteiger partial charge is 0.102 e. The molecule has 46 atom stereocenters. The molecule has 0 spiro atoms. The molecule has 510 valence electrons. The minimum absolute atomic E-state index is 0.329. The van der Waals surface area contributed by atoms with Crippen molar-refractivity contribution in [1.82, 2.24) is 0 Å². The van der Waals surface area contributed by atoms with Crippen LogP contribution in [0.4, 0.5) is 0 Å². The van der Waals surface area contributed by atoms with Gasteiger partial charge in [0.15, 0.2) is 0 Å². The summed E-state index contributed by atoms with van der Waals surface area (Å²) in [6, 6.07) is 0. The molecule has 46 unspecified atom stereocenters. The average molecular weight is 2720 g/mol. The van der Waals surface area contributed by atoms with Gasteiger partial charge in [0.25, 0.3) is 0 Å². The lowest BCUT2D eigenvalue weighted by Gasteiger charge is -2.63. The Morgan fingerprint density at radius 1 is 0.141 bits per heavy atom. The molecule has 85 heteroatoms. The molecule has 85 heavy (non-hydrogen) atoms. The highest BCUT2D eigenvalue weighted by molar-refractivity contribution is 9.58. The van der Waals surface area contributed by atoms with Crippen molar-refractivity contribution in [2.24, 2.45) is 0 Å². The lowest BCUT2D eigenvalue weighted by Crippen LogP contribution is -1.76. The van der Waals surface area contributed by atoms with Gasteiger partial charge < -0.3 is 0 Å². The standard InChI is InChI=1S/H85P85/c1-44-66(45(2)3)77(67(46(4)5)47(6)7)82(76(64(40)41)65(42)43)85(83(78(68(48(8)9)49(10)11)69(50(12)13)51(14)15)79(70(52(16)17)53(18)19)71(54(20)21)55(22)23)84(80(72(56(24)25)57(26)27)73(58(28)29)59(30)31)81(74(60(32)33)61(34)35)75(62(36)37)63(38)39/h1-2,44H,3-43H2. The van der Waals surface area contributed by atoms with E-state index in [0.717, 1.165) is 7.96 Å². The third-order valence-electron chi connectivity index (χ3n) is 7.48. The molecule has 0 amide bonds. The second kappa shape index (κ2) is 66.8. The minimum atomic E-state index is -0.529. The van der Waals surface area contributed by atoms with Crippen molar-refractivity contribution in [3.05, 3.63) is 0 Å². The molecule has 0 aromatic rings. The summed E-state index contributed by atoms with van der Waals surface area (Å²) in [6.45, 7) is -15.9. The van der Waals surface area contributed by atoms with Crippen LogP contribution in [0.3, 0.4) is 0 Å². The normalized spacial score (nSPS) is 15.8. The maximum Gasteiger partial charge on any atom is -0.00000318 e. The monoisotopic (exact) mass is 2720 g/mol. The van der Waals surface area contributed by atoms with E-state index in [-0.39, 0.29) is 196 Å². The van der Waals surface area contributed by atoms with E-state index in [1.54, 1.807) is 0 Å². The maximum atomic E-state index is 4.83. The van der Waals surface area contributed by atoms with Crippen LogP contribution in [0.25, 0.3) is 0 Å². The summed E-state index contributed by atoms with van der Waals surface area (Å²) in [5, 5.41) is 0. The predicted octanol–water partition coefficient (Wildman–Crippen LogP) is 50.4. The van der Waals surface area contributed by atoms with E-state index in [9.17, 15) is 0 Å². The van der Waals surface area contributed by atoms with E-state index < -0.39 is 90.8 Å². The quantitative estimate of drug-likeness (QED) is 0.0535. The summed E-state index contributed by atoms with van der Waals surface area (Å²) in [5.74, 6) is 0. The van der Waals surface area contributed by atoms with Crippen molar-refractivity contribution >= 4 is 678 Å². The highest BCUT2D eigenvalue weighted by Gasteiger charge is 2.65. The first-order valence-electron chi connectivity index (χ1n) is 19.3. The van der Waals surface area contributed by atoms with Crippen molar-refractivity contribution in [3.63, 3.8) is 0 Å². The molecule has 0 rings (SSSR count). The van der Waals surface area contributed by atoms with Crippen LogP contribution in [-0.2, 0) is 0 Å². The van der Waals surface area contributed by atoms with Gasteiger partial charge in [-0.05, 0) is 286 Å². The topological polar surface area (TPSA) is 0 Å². The van der Waals surface area contributed by atoms with Crippen LogP contribution in [0.15, 0.2) is 0 Å². The van der Waals surface area contributed by atoms with E-state index >= 15 is 0 Å². The van der Waals surface area contributed by atoms with Gasteiger partial charge in [0.1, 0.15) is 0 Å². The summed E-state index contributed by atoms with van der Waals surface area (Å²) < 4.78 is 0. The summed E-state index contributed by atoms with van der Waals surface area (Å²) in [4.78, 5) is 0. The molecule has 0 bridgehead atoms. The fraction of sp³-hybridized carbons (Fsp3) is 0. The van der Waals surface area contributed by atoms with E-state index in [1.165, 1.54) is 0 Å². The molecule has 0 heterocycles. The van der Waals surface area contributed by atoms with Gasteiger partial charge in [-0.2, -0.15) is 0 Å². The number of hydrogen-bond acceptors (Lipinski definition) is 0. The predicted molar refractivity (Wildman–Crippen MR) is 707 cm³/mol. The Bertz CT molecular complexity index is 1340. The first kappa shape index (κ1) is 122. The fourth-order valence-electron chi connectivity index (χ4n) is 5.17. The molecule has 0 fully saturated rings. The van der Waals surface area contributed by atoms with Crippen molar-refractivity contribution < 1.29 is 0 Å². The first-order valence-corrected chi connectivity index (χ1v) is 174. The second-order valence-electron chi connectivity index (χ2n) is 13.4. The van der Waals surface area contributed by atoms with Crippen molar-refractivity contribution in [1.29, 1.82) is 0 Å². The van der Waals surface area contributed by atoms with Gasteiger partial charge in [0.05, 0.1) is 0 Å². The summed E-state index contributed by atoms with van der Waals surface area (Å²) in [5.41, 5.74) is 0. The highest BCUT2D eigenvalue weighted by Crippen LogP contribution is 3.53. The smallest absolute Gasteiger partial charge is 0.00000318 e. The van der Waals surface area contributed by atoms with Crippen LogP contribution in [-0.4, -0.2) is 0 Å². The maximum absolute atomic E-state index is 4.83. The van der Waals surface area contributed by atoms with E-state index in [0.29, 0.717) is 0 Å². The zero-order chi connectivity index (χ0) is 67.4. The van der Waals surface area contributed by atoms with Crippen molar-refractivity contribution in [2.75, 3.05) is 0 Å². The zero-order valence-electron chi connectivity index (χ0n) is 43.5. The van der Waals surface area contributed by atoms with Gasteiger partial charge in [-0.1, -0.05) is 25.8 Å². The van der Waals surface area contributed by atoms with Gasteiger partial charge in [-0.3, -0.25) is 0 Å². The molecule has 0 saturated heterocycles. The Morgan fingerprint density at radius 3 is 0.306 bits per heavy atom. The SMILES string of the molecule is [PH]PP(P([PH])P)P(P(P(P)P)P(P)P)P(P(P(P)P)P(P)P)P(P(P(P(P(P)P)P(P)P)P(P(P)P)P(P)P)P(P(P(P)P)P(P)P)P(P(P)P)P(P)P)P(P(P(P(P)P)P(P)P)P(P(P)P)P(P)P)P(P(P(P)P)P(P)P)P(P(P)P)P(P)P. The second-order valence-corrected chi connectivity index (χ2v) is 363. The minimum Gasteiger partial charge on any atom is -0.102 e. The molecular formula is H85P85. The third-order valence-corrected chi connectivity index (χ3v) is 606. The van der Waals surface area contributed by atoms with Crippen LogP contribution in [0.2, 0.25) is 0 Å². The van der Waals surface area contributed by atoms with Crippen LogP contribution in [0.5, 0.6) is 0 Å². The Kier molecular flexibility index (Phi) is 95.6. The van der Waals surface area contributed by atoms with Crippen LogP contribution in [0.1, 0.15) is 0 Å². The molecule has 0 nitrogen and oxygen atoms in total. The highest BCUT2D eigenvalue weighted by atomic mass is 33.6. The number of hydrogen-bond donors (Lipinski definition) is 0. The van der Waals surface area contributed by atoms with E-state index in [1.807, 2.05) is 0 Å². The molecule has 0 aliphatic heterocycles. The molecule has 2 radical (unpaired) electrons. The Hall–Kier alpha value is 36.5. The lowest BCUT2D eigenvalue weighted by atomic mass is 28.4. The van der Waals surface area contributed by atoms with Gasteiger partial charge in [-0.25, -0.2) is 0 Å². The average Bonchev–Trinajstić information content (AvgIpc) is 3.27. The Balaban J connectivity index is 13.2. The van der Waals surface area contributed by atoms with Gasteiger partial charge in [-0.15, -0.1) is 366 Å². The van der Waals surface area contributed by atoms with E-state index in [4.69, 9.17) is 17.9 Å². The van der Waals surface area contributed by atoms with Gasteiger partial charge >= 0.3 is 0 Å². The molecule has 0 N–H and O–H groups in total. The van der Waals surface area contributed by atoms with Crippen LogP contribution in [0, 0.1) is 0 Å². The van der Waals surface area contributed by atoms with Gasteiger partial charge in [0, 0.05) is 0 Å². The molecular weight excluding hydrogens is 2630 g/mol. The molecule has 0 saturated carbocycles. The van der Waals surface area contributed by atoms with E-state index in [2.05, 4.69) is 366 Å². The summed E-state index contributed by atoms with van der Waals surface area (Å²) in [6.07, 6.45) is 0. The summed E-state index contributed by atoms with van der Waals surface area (Å²) in [7, 11) is 163.